The number of fused-ring (bicyclic) bond motifs is 5. The number of benzene rings is 7. The summed E-state index contributed by atoms with van der Waals surface area (Å²) in [6.07, 6.45) is 16.1. The molecule has 1 atom stereocenters. The van der Waals surface area contributed by atoms with E-state index in [2.05, 4.69) is 180 Å². The lowest BCUT2D eigenvalue weighted by molar-refractivity contribution is 0.660. The summed E-state index contributed by atoms with van der Waals surface area (Å²) in [5, 5.41) is 4.97. The van der Waals surface area contributed by atoms with Crippen LogP contribution in [0.3, 0.4) is 0 Å². The van der Waals surface area contributed by atoms with Crippen LogP contribution in [0.25, 0.3) is 84.8 Å². The summed E-state index contributed by atoms with van der Waals surface area (Å²) in [5.41, 5.74) is 17.7. The molecule has 7 aromatic rings. The van der Waals surface area contributed by atoms with Crippen LogP contribution in [-0.4, -0.2) is 0 Å². The van der Waals surface area contributed by atoms with Crippen LogP contribution in [0.1, 0.15) is 70.7 Å². The molecule has 2 aliphatic rings. The molecule has 9 rings (SSSR count). The fourth-order valence-electron chi connectivity index (χ4n) is 9.51. The van der Waals surface area contributed by atoms with Gasteiger partial charge in [-0.2, -0.15) is 0 Å². The van der Waals surface area contributed by atoms with Crippen molar-refractivity contribution >= 4 is 51.4 Å². The number of hydrogen-bond acceptors (Lipinski definition) is 0. The van der Waals surface area contributed by atoms with Gasteiger partial charge in [0.2, 0.25) is 0 Å². The average Bonchev–Trinajstić information content (AvgIpc) is 3.47. The molecule has 0 N–H and O–H groups in total. The van der Waals surface area contributed by atoms with Crippen molar-refractivity contribution in [2.75, 3.05) is 0 Å². The molecule has 0 spiro atoms. The van der Waals surface area contributed by atoms with Gasteiger partial charge >= 0.3 is 0 Å². The van der Waals surface area contributed by atoms with Crippen molar-refractivity contribution in [3.63, 3.8) is 0 Å². The fourth-order valence-corrected chi connectivity index (χ4v) is 9.51. The molecule has 7 aromatic carbocycles. The van der Waals surface area contributed by atoms with Gasteiger partial charge in [-0.05, 0) is 124 Å². The Morgan fingerprint density at radius 3 is 1.95 bits per heavy atom. The van der Waals surface area contributed by atoms with Gasteiger partial charge in [-0.3, -0.25) is 0 Å². The minimum absolute atomic E-state index is 0.197. The molecule has 0 heteroatoms. The van der Waals surface area contributed by atoms with Crippen LogP contribution in [0.4, 0.5) is 0 Å². The maximum Gasteiger partial charge on any atom is 0.0159 e. The normalized spacial score (nSPS) is 15.3. The van der Waals surface area contributed by atoms with E-state index in [-0.39, 0.29) is 5.41 Å². The maximum atomic E-state index is 4.45. The van der Waals surface area contributed by atoms with Crippen LogP contribution in [0, 0.1) is 0 Å². The molecule has 0 saturated carbocycles. The lowest BCUT2D eigenvalue weighted by Crippen LogP contribution is -2.15. The molecule has 264 valence electrons. The van der Waals surface area contributed by atoms with Crippen molar-refractivity contribution in [2.24, 2.45) is 0 Å². The third kappa shape index (κ3) is 5.28. The Morgan fingerprint density at radius 2 is 1.20 bits per heavy atom. The summed E-state index contributed by atoms with van der Waals surface area (Å²) in [7, 11) is 0. The highest BCUT2D eigenvalue weighted by Gasteiger charge is 2.38. The van der Waals surface area contributed by atoms with Gasteiger partial charge in [-0.25, -0.2) is 0 Å². The van der Waals surface area contributed by atoms with Crippen LogP contribution < -0.4 is 0 Å². The Balaban J connectivity index is 1.30. The lowest BCUT2D eigenvalue weighted by Gasteiger charge is -2.26. The lowest BCUT2D eigenvalue weighted by atomic mass is 9.77. The standard InChI is InChI=1S/C55H44/c1-7-40-41(8-2)54-47-24-16-17-26-50(47)55(5,6)51(54)34-49(40)53-43(10-4)42(9-3)52(38-20-12-11-13-21-38)46-32-31-39(33-48(46)53)35-27-29-37(30-28-35)45-25-18-22-36-19-14-15-23-44(36)45/h7-29,31-34,37H,1-4,30H2,5-6H3. The molecular formula is C55H44. The maximum absolute atomic E-state index is 4.45. The third-order valence-electron chi connectivity index (χ3n) is 12.1. The van der Waals surface area contributed by atoms with E-state index in [0.717, 1.165) is 50.9 Å². The molecule has 0 bridgehead atoms. The van der Waals surface area contributed by atoms with E-state index in [1.165, 1.54) is 60.5 Å². The minimum Gasteiger partial charge on any atom is -0.0984 e. The highest BCUT2D eigenvalue weighted by molar-refractivity contribution is 6.14. The summed E-state index contributed by atoms with van der Waals surface area (Å²) in [6.45, 7) is 22.3. The summed E-state index contributed by atoms with van der Waals surface area (Å²) in [6, 6.07) is 44.3. The van der Waals surface area contributed by atoms with Gasteiger partial charge in [0.25, 0.3) is 0 Å². The number of rotatable bonds is 8. The van der Waals surface area contributed by atoms with E-state index in [9.17, 15) is 0 Å². The molecule has 0 heterocycles. The molecule has 0 aliphatic heterocycles. The highest BCUT2D eigenvalue weighted by atomic mass is 14.4. The Hall–Kier alpha value is -6.50. The van der Waals surface area contributed by atoms with E-state index >= 15 is 0 Å². The SMILES string of the molecule is C=Cc1c(-c2c(C=C)c(C=C)c(-c3ccccc3)c3ccc(C4=CCC(c5cccc6ccccc56)C=C4)cc23)cc2c(c1C=C)-c1ccccc1C2(C)C. The molecule has 2 aliphatic carbocycles. The average molecular weight is 705 g/mol. The second-order valence-electron chi connectivity index (χ2n) is 15.3. The molecule has 0 amide bonds. The zero-order valence-electron chi connectivity index (χ0n) is 31.7. The second kappa shape index (κ2) is 13.4. The van der Waals surface area contributed by atoms with Crippen molar-refractivity contribution in [1.82, 2.24) is 0 Å². The Bertz CT molecular complexity index is 2810. The highest BCUT2D eigenvalue weighted by Crippen LogP contribution is 2.54. The van der Waals surface area contributed by atoms with Gasteiger partial charge in [-0.15, -0.1) is 0 Å². The third-order valence-corrected chi connectivity index (χ3v) is 12.1. The van der Waals surface area contributed by atoms with Gasteiger partial charge in [0.1, 0.15) is 0 Å². The van der Waals surface area contributed by atoms with Gasteiger partial charge < -0.3 is 0 Å². The first-order chi connectivity index (χ1) is 26.9. The fraction of sp³-hybridized carbons (Fsp3) is 0.0909. The second-order valence-corrected chi connectivity index (χ2v) is 15.3. The van der Waals surface area contributed by atoms with E-state index < -0.39 is 0 Å². The summed E-state index contributed by atoms with van der Waals surface area (Å²) in [5.74, 6) is 0.324. The molecule has 0 saturated heterocycles. The van der Waals surface area contributed by atoms with Gasteiger partial charge in [0.15, 0.2) is 0 Å². The predicted octanol–water partition coefficient (Wildman–Crippen LogP) is 15.3. The molecule has 55 heavy (non-hydrogen) atoms. The van der Waals surface area contributed by atoms with Crippen LogP contribution in [0.15, 0.2) is 166 Å². The Labute approximate surface area is 325 Å². The topological polar surface area (TPSA) is 0 Å². The smallest absolute Gasteiger partial charge is 0.0159 e. The van der Waals surface area contributed by atoms with Crippen molar-refractivity contribution in [3.8, 4) is 33.4 Å². The summed E-state index contributed by atoms with van der Waals surface area (Å²) >= 11 is 0. The van der Waals surface area contributed by atoms with Crippen LogP contribution in [-0.2, 0) is 5.41 Å². The van der Waals surface area contributed by atoms with Crippen LogP contribution in [0.2, 0.25) is 0 Å². The first kappa shape index (κ1) is 34.3. The summed E-state index contributed by atoms with van der Waals surface area (Å²) < 4.78 is 0. The predicted molar refractivity (Wildman–Crippen MR) is 241 cm³/mol. The van der Waals surface area contributed by atoms with E-state index in [1.807, 2.05) is 24.3 Å². The first-order valence-corrected chi connectivity index (χ1v) is 19.3. The monoisotopic (exact) mass is 704 g/mol. The molecule has 0 aromatic heterocycles. The quantitative estimate of drug-likeness (QED) is 0.148. The van der Waals surface area contributed by atoms with Gasteiger partial charge in [0, 0.05) is 11.3 Å². The van der Waals surface area contributed by atoms with E-state index in [0.29, 0.717) is 5.92 Å². The molecule has 0 radical (unpaired) electrons. The van der Waals surface area contributed by atoms with Crippen LogP contribution >= 0.6 is 0 Å². The van der Waals surface area contributed by atoms with Crippen molar-refractivity contribution in [3.05, 3.63) is 210 Å². The summed E-state index contributed by atoms with van der Waals surface area (Å²) in [4.78, 5) is 0. The van der Waals surface area contributed by atoms with E-state index in [4.69, 9.17) is 0 Å². The van der Waals surface area contributed by atoms with Crippen molar-refractivity contribution in [2.45, 2.75) is 31.6 Å². The number of hydrogen-bond donors (Lipinski definition) is 0. The van der Waals surface area contributed by atoms with Crippen molar-refractivity contribution < 1.29 is 0 Å². The van der Waals surface area contributed by atoms with Gasteiger partial charge in [-0.1, -0.05) is 192 Å². The Kier molecular flexibility index (Phi) is 8.36. The number of allylic oxidation sites excluding steroid dienone is 4. The zero-order chi connectivity index (χ0) is 37.8. The van der Waals surface area contributed by atoms with Crippen LogP contribution in [0.5, 0.6) is 0 Å². The molecule has 0 nitrogen and oxygen atoms in total. The Morgan fingerprint density at radius 1 is 0.527 bits per heavy atom. The molecule has 1 unspecified atom stereocenters. The largest absolute Gasteiger partial charge is 0.0984 e. The van der Waals surface area contributed by atoms with Crippen molar-refractivity contribution in [1.29, 1.82) is 0 Å². The molecule has 0 fully saturated rings. The van der Waals surface area contributed by atoms with Gasteiger partial charge in [0.05, 0.1) is 0 Å². The van der Waals surface area contributed by atoms with E-state index in [1.54, 1.807) is 0 Å². The minimum atomic E-state index is -0.197. The molecular weight excluding hydrogens is 661 g/mol. The zero-order valence-corrected chi connectivity index (χ0v) is 31.7. The first-order valence-electron chi connectivity index (χ1n) is 19.3.